The van der Waals surface area contributed by atoms with Crippen molar-refractivity contribution in [2.24, 2.45) is 52.3 Å². The van der Waals surface area contributed by atoms with Gasteiger partial charge in [0.1, 0.15) is 54.6 Å². The topological polar surface area (TPSA) is 214 Å². The monoisotopic (exact) mass is 754 g/mol. The molecule has 4 aliphatic carbocycles. The van der Waals surface area contributed by atoms with Gasteiger partial charge >= 0.3 is 0 Å². The first kappa shape index (κ1) is 39.0. The fraction of sp³-hybridized carbons (Fsp3) is 0.974. The molecule has 302 valence electrons. The Morgan fingerprint density at radius 1 is 0.774 bits per heavy atom. The van der Waals surface area contributed by atoms with E-state index >= 15 is 0 Å². The van der Waals surface area contributed by atoms with Gasteiger partial charge in [0, 0.05) is 30.1 Å². The molecule has 22 atom stereocenters. The summed E-state index contributed by atoms with van der Waals surface area (Å²) in [6.07, 6.45) is -7.49. The molecule has 4 saturated heterocycles. The number of aliphatic hydroxyl groups excluding tert-OH is 7. The average molecular weight is 755 g/mol. The molecule has 53 heavy (non-hydrogen) atoms. The fourth-order valence-corrected chi connectivity index (χ4v) is 12.9. The third-order valence-corrected chi connectivity index (χ3v) is 16.0. The second kappa shape index (κ2) is 14.2. The number of hydrogen-bond acceptors (Lipinski definition) is 14. The van der Waals surface area contributed by atoms with E-state index in [-0.39, 0.29) is 47.2 Å². The van der Waals surface area contributed by atoms with Gasteiger partial charge in [-0.2, -0.15) is 0 Å². The van der Waals surface area contributed by atoms with Crippen molar-refractivity contribution in [1.82, 2.24) is 0 Å². The van der Waals surface area contributed by atoms with Crippen molar-refractivity contribution in [2.75, 3.05) is 19.8 Å². The first-order chi connectivity index (χ1) is 25.2. The number of ketones is 1. The summed E-state index contributed by atoms with van der Waals surface area (Å²) < 4.78 is 36.8. The minimum absolute atomic E-state index is 0.0440. The SMILES string of the molecule is C[C@@H]1CC[C@@]2(OC1)O[C@H]1C[C@H]3[C@@H]4CC[C@@H]5C[C@@H](O[C@@H]6O[C@H](CO)[C@H](O)[C@H](O[C@@H]7O[C@H](CO)[C@@H](O)[C@H](O)[C@H]7O)[C@H]6O)CC[C@]5(C)[C@H]4CC(=O)[C@]3(C)[C@H]1[C@@H]2C. The molecule has 0 aromatic carbocycles. The molecule has 0 bridgehead atoms. The Balaban J connectivity index is 0.934. The summed E-state index contributed by atoms with van der Waals surface area (Å²) in [7, 11) is 0. The van der Waals surface area contributed by atoms with E-state index in [1.165, 1.54) is 0 Å². The molecule has 4 saturated carbocycles. The number of aliphatic hydroxyl groups is 7. The zero-order valence-electron chi connectivity index (χ0n) is 31.4. The number of Topliss-reactive ketones (excluding diaryl/α,β-unsaturated/α-hetero) is 1. The zero-order valence-corrected chi connectivity index (χ0v) is 31.4. The third-order valence-electron chi connectivity index (χ3n) is 16.0. The van der Waals surface area contributed by atoms with Crippen LogP contribution in [-0.2, 0) is 33.2 Å². The van der Waals surface area contributed by atoms with Crippen LogP contribution in [0.1, 0.15) is 85.5 Å². The van der Waals surface area contributed by atoms with Crippen molar-refractivity contribution in [3.8, 4) is 0 Å². The predicted octanol–water partition coefficient (Wildman–Crippen LogP) is 0.621. The first-order valence-electron chi connectivity index (χ1n) is 20.3. The molecule has 4 aliphatic heterocycles. The maximum Gasteiger partial charge on any atom is 0.187 e. The van der Waals surface area contributed by atoms with Crippen LogP contribution < -0.4 is 0 Å². The van der Waals surface area contributed by atoms with E-state index in [9.17, 15) is 40.5 Å². The largest absolute Gasteiger partial charge is 0.394 e. The van der Waals surface area contributed by atoms with Gasteiger partial charge in [-0.1, -0.05) is 27.7 Å². The Labute approximate surface area is 311 Å². The minimum atomic E-state index is -1.75. The van der Waals surface area contributed by atoms with Gasteiger partial charge in [0.25, 0.3) is 0 Å². The first-order valence-corrected chi connectivity index (χ1v) is 20.3. The molecule has 14 heteroatoms. The Morgan fingerprint density at radius 2 is 1.47 bits per heavy atom. The molecule has 1 spiro atoms. The molecule has 0 aromatic rings. The van der Waals surface area contributed by atoms with Crippen LogP contribution >= 0.6 is 0 Å². The molecule has 8 fully saturated rings. The van der Waals surface area contributed by atoms with Gasteiger partial charge in [-0.25, -0.2) is 0 Å². The number of rotatable bonds is 6. The highest BCUT2D eigenvalue weighted by Crippen LogP contribution is 2.70. The summed E-state index contributed by atoms with van der Waals surface area (Å²) in [4.78, 5) is 14.5. The molecule has 0 unspecified atom stereocenters. The summed E-state index contributed by atoms with van der Waals surface area (Å²) in [5.41, 5.74) is -0.473. The Kier molecular flexibility index (Phi) is 10.5. The Hall–Kier alpha value is -0.850. The minimum Gasteiger partial charge on any atom is -0.394 e. The van der Waals surface area contributed by atoms with Crippen molar-refractivity contribution in [3.63, 3.8) is 0 Å². The quantitative estimate of drug-likeness (QED) is 0.185. The van der Waals surface area contributed by atoms with E-state index in [1.54, 1.807) is 0 Å². The summed E-state index contributed by atoms with van der Waals surface area (Å²) in [6, 6.07) is 0. The number of hydrogen-bond donors (Lipinski definition) is 7. The number of ether oxygens (including phenoxy) is 6. The van der Waals surface area contributed by atoms with E-state index < -0.39 is 85.8 Å². The normalized spacial score (nSPS) is 58.2. The van der Waals surface area contributed by atoms with E-state index in [1.807, 2.05) is 0 Å². The summed E-state index contributed by atoms with van der Waals surface area (Å²) >= 11 is 0. The maximum absolute atomic E-state index is 14.5. The lowest BCUT2D eigenvalue weighted by molar-refractivity contribution is -0.365. The van der Waals surface area contributed by atoms with Gasteiger partial charge in [0.15, 0.2) is 18.4 Å². The Morgan fingerprint density at radius 3 is 2.15 bits per heavy atom. The predicted molar refractivity (Wildman–Crippen MR) is 183 cm³/mol. The number of carbonyl (C=O) groups excluding carboxylic acids is 1. The van der Waals surface area contributed by atoms with Crippen LogP contribution in [0.25, 0.3) is 0 Å². The van der Waals surface area contributed by atoms with Crippen molar-refractivity contribution < 1.29 is 69.0 Å². The van der Waals surface area contributed by atoms with Gasteiger partial charge in [-0.05, 0) is 80.0 Å². The molecule has 8 rings (SSSR count). The van der Waals surface area contributed by atoms with Crippen molar-refractivity contribution in [1.29, 1.82) is 0 Å². The van der Waals surface area contributed by atoms with Crippen LogP contribution in [0.5, 0.6) is 0 Å². The summed E-state index contributed by atoms with van der Waals surface area (Å²) in [5.74, 6) is 1.96. The fourth-order valence-electron chi connectivity index (χ4n) is 12.9. The average Bonchev–Trinajstić information content (AvgIpc) is 3.59. The Bertz CT molecular complexity index is 1340. The van der Waals surface area contributed by atoms with Crippen LogP contribution in [0, 0.1) is 52.3 Å². The zero-order chi connectivity index (χ0) is 37.8. The summed E-state index contributed by atoms with van der Waals surface area (Å²) in [6.45, 7) is 8.51. The lowest BCUT2D eigenvalue weighted by Crippen LogP contribution is -2.65. The van der Waals surface area contributed by atoms with Gasteiger partial charge in [0.05, 0.1) is 32.0 Å². The van der Waals surface area contributed by atoms with Gasteiger partial charge in [0.2, 0.25) is 0 Å². The highest BCUT2D eigenvalue weighted by Gasteiger charge is 2.72. The van der Waals surface area contributed by atoms with Gasteiger partial charge < -0.3 is 64.2 Å². The van der Waals surface area contributed by atoms with Gasteiger partial charge in [-0.15, -0.1) is 0 Å². The molecule has 14 nitrogen and oxygen atoms in total. The van der Waals surface area contributed by atoms with Crippen molar-refractivity contribution >= 4 is 5.78 Å². The maximum atomic E-state index is 14.5. The molecule has 0 radical (unpaired) electrons. The van der Waals surface area contributed by atoms with E-state index in [0.717, 1.165) is 38.5 Å². The molecule has 7 N–H and O–H groups in total. The van der Waals surface area contributed by atoms with Crippen LogP contribution in [0.3, 0.4) is 0 Å². The molecular weight excluding hydrogens is 692 g/mol. The second-order valence-electron chi connectivity index (χ2n) is 18.6. The lowest BCUT2D eigenvalue weighted by Gasteiger charge is -2.60. The highest BCUT2D eigenvalue weighted by molar-refractivity contribution is 5.87. The lowest BCUT2D eigenvalue weighted by atomic mass is 9.44. The third kappa shape index (κ3) is 6.03. The standard InChI is InChI=1S/C39H62O14/c1-17-7-10-39(48-16-17)18(2)28-24(53-39)12-23-21-6-5-19-11-20(8-9-37(19,3)22(21)13-27(42)38(23,28)4)49-36-33(47)34(30(44)26(15-41)51-36)52-35-32(46)31(45)29(43)25(14-40)50-35/h17-26,28-36,40-41,43-47H,5-16H2,1-4H3/t17-,18+,19-,20+,21-,22+,23+,24+,25-,26-,28+,29-,30+,31+,32-,33-,34+,35+,36-,37+,38-,39-/m1/s1. The van der Waals surface area contributed by atoms with Crippen molar-refractivity contribution in [2.45, 2.75) is 165 Å². The number of fused-ring (bicyclic) bond motifs is 7. The molecule has 8 aliphatic rings. The van der Waals surface area contributed by atoms with Crippen LogP contribution in [0.15, 0.2) is 0 Å². The smallest absolute Gasteiger partial charge is 0.187 e. The van der Waals surface area contributed by atoms with E-state index in [2.05, 4.69) is 27.7 Å². The van der Waals surface area contributed by atoms with Crippen molar-refractivity contribution in [3.05, 3.63) is 0 Å². The van der Waals surface area contributed by atoms with E-state index in [4.69, 9.17) is 28.4 Å². The van der Waals surface area contributed by atoms with Gasteiger partial charge in [-0.3, -0.25) is 4.79 Å². The molecular formula is C39H62O14. The van der Waals surface area contributed by atoms with E-state index in [0.29, 0.717) is 43.5 Å². The van der Waals surface area contributed by atoms with Crippen LogP contribution in [0.4, 0.5) is 0 Å². The second-order valence-corrected chi connectivity index (χ2v) is 18.6. The summed E-state index contributed by atoms with van der Waals surface area (Å²) in [5, 5.41) is 72.9. The molecule has 4 heterocycles. The van der Waals surface area contributed by atoms with Crippen LogP contribution in [-0.4, -0.2) is 141 Å². The molecule has 0 aromatic heterocycles. The molecule has 0 amide bonds. The highest BCUT2D eigenvalue weighted by atomic mass is 16.7. The number of carbonyl (C=O) groups is 1. The van der Waals surface area contributed by atoms with Crippen LogP contribution in [0.2, 0.25) is 0 Å².